The van der Waals surface area contributed by atoms with E-state index >= 15 is 0 Å². The molecular formula is C11H12ClN3O. The van der Waals surface area contributed by atoms with E-state index in [1.54, 1.807) is 7.11 Å². The maximum atomic E-state index is 6.12. The van der Waals surface area contributed by atoms with Crippen LogP contribution in [0.15, 0.2) is 18.2 Å². The first kappa shape index (κ1) is 9.93. The number of pyridine rings is 1. The number of nitrogens with one attached hydrogen (secondary N) is 1. The van der Waals surface area contributed by atoms with Crippen LogP contribution in [0, 0.1) is 0 Å². The van der Waals surface area contributed by atoms with Crippen molar-refractivity contribution < 1.29 is 4.74 Å². The normalized spacial score (nSPS) is 16.4. The van der Waals surface area contributed by atoms with E-state index < -0.39 is 0 Å². The molecule has 2 aromatic heterocycles. The van der Waals surface area contributed by atoms with Crippen LogP contribution >= 0.6 is 11.6 Å². The molecule has 0 atom stereocenters. The molecule has 0 bridgehead atoms. The van der Waals surface area contributed by atoms with E-state index in [0.29, 0.717) is 11.1 Å². The van der Waals surface area contributed by atoms with Gasteiger partial charge in [-0.3, -0.25) is 4.40 Å². The Morgan fingerprint density at radius 1 is 1.50 bits per heavy atom. The summed E-state index contributed by atoms with van der Waals surface area (Å²) in [6.45, 7) is 1.90. The number of ether oxygens (including phenoxy) is 1. The van der Waals surface area contributed by atoms with Crippen molar-refractivity contribution in [1.29, 1.82) is 0 Å². The quantitative estimate of drug-likeness (QED) is 0.864. The Balaban J connectivity index is 2.26. The van der Waals surface area contributed by atoms with Crippen molar-refractivity contribution in [1.82, 2.24) is 14.7 Å². The summed E-state index contributed by atoms with van der Waals surface area (Å²) in [5.41, 5.74) is 0.905. The summed E-state index contributed by atoms with van der Waals surface area (Å²) in [5, 5.41) is 3.78. The van der Waals surface area contributed by atoms with Crippen LogP contribution < -0.4 is 10.1 Å². The lowest BCUT2D eigenvalue weighted by Gasteiger charge is -2.26. The van der Waals surface area contributed by atoms with Gasteiger partial charge in [-0.05, 0) is 12.1 Å². The van der Waals surface area contributed by atoms with Crippen LogP contribution in [0.3, 0.4) is 0 Å². The zero-order valence-corrected chi connectivity index (χ0v) is 9.66. The van der Waals surface area contributed by atoms with Gasteiger partial charge in [0.05, 0.1) is 12.6 Å². The van der Waals surface area contributed by atoms with E-state index in [0.717, 1.165) is 30.3 Å². The minimum atomic E-state index is 0.427. The number of fused-ring (bicyclic) bond motifs is 1. The smallest absolute Gasteiger partial charge is 0.199 e. The maximum Gasteiger partial charge on any atom is 0.199 e. The average molecular weight is 238 g/mol. The van der Waals surface area contributed by atoms with E-state index in [1.807, 2.05) is 22.6 Å². The summed E-state index contributed by atoms with van der Waals surface area (Å²) in [6, 6.07) is 5.79. The molecule has 1 saturated heterocycles. The van der Waals surface area contributed by atoms with Crippen molar-refractivity contribution in [2.75, 3.05) is 20.2 Å². The van der Waals surface area contributed by atoms with Crippen LogP contribution in [-0.2, 0) is 0 Å². The Morgan fingerprint density at radius 3 is 2.94 bits per heavy atom. The predicted molar refractivity (Wildman–Crippen MR) is 62.4 cm³/mol. The van der Waals surface area contributed by atoms with Gasteiger partial charge in [0.1, 0.15) is 5.82 Å². The van der Waals surface area contributed by atoms with Gasteiger partial charge in [0.15, 0.2) is 11.0 Å². The third-order valence-corrected chi connectivity index (χ3v) is 3.24. The summed E-state index contributed by atoms with van der Waals surface area (Å²) in [7, 11) is 1.66. The van der Waals surface area contributed by atoms with Crippen LogP contribution in [0.1, 0.15) is 11.7 Å². The molecule has 1 N–H and O–H groups in total. The highest BCUT2D eigenvalue weighted by atomic mass is 35.5. The van der Waals surface area contributed by atoms with Crippen molar-refractivity contribution in [2.24, 2.45) is 0 Å². The first-order valence-electron chi connectivity index (χ1n) is 5.23. The number of halogens is 1. The molecular weight excluding hydrogens is 226 g/mol. The molecule has 0 radical (unpaired) electrons. The summed E-state index contributed by atoms with van der Waals surface area (Å²) in [4.78, 5) is 4.43. The summed E-state index contributed by atoms with van der Waals surface area (Å²) in [5.74, 6) is 2.19. The van der Waals surface area contributed by atoms with Crippen molar-refractivity contribution in [2.45, 2.75) is 5.92 Å². The molecule has 1 aliphatic rings. The lowest BCUT2D eigenvalue weighted by molar-refractivity contribution is 0.378. The lowest BCUT2D eigenvalue weighted by Crippen LogP contribution is -2.40. The third kappa shape index (κ3) is 1.30. The highest BCUT2D eigenvalue weighted by Gasteiger charge is 2.26. The van der Waals surface area contributed by atoms with Gasteiger partial charge in [-0.2, -0.15) is 0 Å². The van der Waals surface area contributed by atoms with Gasteiger partial charge in [-0.25, -0.2) is 4.98 Å². The molecule has 0 amide bonds. The Hall–Kier alpha value is -1.26. The summed E-state index contributed by atoms with van der Waals surface area (Å²) < 4.78 is 7.34. The zero-order chi connectivity index (χ0) is 11.1. The Morgan fingerprint density at radius 2 is 2.31 bits per heavy atom. The zero-order valence-electron chi connectivity index (χ0n) is 8.90. The van der Waals surface area contributed by atoms with Gasteiger partial charge < -0.3 is 10.1 Å². The maximum absolute atomic E-state index is 6.12. The van der Waals surface area contributed by atoms with Crippen LogP contribution in [0.2, 0.25) is 5.15 Å². The second-order valence-electron chi connectivity index (χ2n) is 3.90. The molecule has 5 heteroatoms. The van der Waals surface area contributed by atoms with Gasteiger partial charge >= 0.3 is 0 Å². The second-order valence-corrected chi connectivity index (χ2v) is 4.26. The molecule has 1 aliphatic heterocycles. The Labute approximate surface area is 98.2 Å². The van der Waals surface area contributed by atoms with Gasteiger partial charge in [-0.1, -0.05) is 17.7 Å². The van der Waals surface area contributed by atoms with Crippen LogP contribution in [0.25, 0.3) is 5.52 Å². The van der Waals surface area contributed by atoms with Crippen molar-refractivity contribution >= 4 is 17.1 Å². The first-order chi connectivity index (χ1) is 7.81. The van der Waals surface area contributed by atoms with Gasteiger partial charge in [0, 0.05) is 19.0 Å². The minimum absolute atomic E-state index is 0.427. The molecule has 0 aliphatic carbocycles. The van der Waals surface area contributed by atoms with E-state index in [4.69, 9.17) is 16.3 Å². The molecule has 0 unspecified atom stereocenters. The fourth-order valence-corrected chi connectivity index (χ4v) is 2.23. The summed E-state index contributed by atoms with van der Waals surface area (Å²) >= 11 is 6.12. The molecule has 84 valence electrons. The average Bonchev–Trinajstić information content (AvgIpc) is 2.54. The number of methoxy groups -OCH3 is 1. The molecule has 4 nitrogen and oxygen atoms in total. The SMILES string of the molecule is COc1cccc2c(Cl)nc(C3CNC3)n12. The number of hydrogen-bond donors (Lipinski definition) is 1. The first-order valence-corrected chi connectivity index (χ1v) is 5.60. The molecule has 0 saturated carbocycles. The number of imidazole rings is 1. The third-order valence-electron chi connectivity index (χ3n) is 2.96. The van der Waals surface area contributed by atoms with Gasteiger partial charge in [0.2, 0.25) is 0 Å². The largest absolute Gasteiger partial charge is 0.482 e. The molecule has 2 aromatic rings. The topological polar surface area (TPSA) is 38.6 Å². The van der Waals surface area contributed by atoms with Gasteiger partial charge in [0.25, 0.3) is 0 Å². The molecule has 0 spiro atoms. The fourth-order valence-electron chi connectivity index (χ4n) is 2.00. The van der Waals surface area contributed by atoms with E-state index in [1.165, 1.54) is 0 Å². The minimum Gasteiger partial charge on any atom is -0.482 e. The highest BCUT2D eigenvalue weighted by Crippen LogP contribution is 2.29. The summed E-state index contributed by atoms with van der Waals surface area (Å²) in [6.07, 6.45) is 0. The monoisotopic (exact) mass is 237 g/mol. The molecule has 16 heavy (non-hydrogen) atoms. The molecule has 0 aromatic carbocycles. The number of aromatic nitrogens is 2. The Kier molecular flexibility index (Phi) is 2.26. The standard InChI is InChI=1S/C11H12ClN3O/c1-16-9-4-2-3-8-10(12)14-11(15(8)9)7-5-13-6-7/h2-4,7,13H,5-6H2,1H3. The number of nitrogens with zero attached hydrogens (tertiary/aromatic N) is 2. The van der Waals surface area contributed by atoms with Gasteiger partial charge in [-0.15, -0.1) is 0 Å². The van der Waals surface area contributed by atoms with Crippen molar-refractivity contribution in [3.63, 3.8) is 0 Å². The molecule has 3 rings (SSSR count). The molecule has 3 heterocycles. The van der Waals surface area contributed by atoms with E-state index in [2.05, 4.69) is 10.3 Å². The van der Waals surface area contributed by atoms with E-state index in [-0.39, 0.29) is 0 Å². The Bertz CT molecular complexity index is 533. The predicted octanol–water partition coefficient (Wildman–Crippen LogP) is 1.68. The van der Waals surface area contributed by atoms with Crippen molar-refractivity contribution in [3.05, 3.63) is 29.2 Å². The fraction of sp³-hybridized carbons (Fsp3) is 0.364. The molecule has 1 fully saturated rings. The van der Waals surface area contributed by atoms with E-state index in [9.17, 15) is 0 Å². The highest BCUT2D eigenvalue weighted by molar-refractivity contribution is 6.32. The number of hydrogen-bond acceptors (Lipinski definition) is 3. The van der Waals surface area contributed by atoms with Crippen LogP contribution in [-0.4, -0.2) is 29.6 Å². The number of rotatable bonds is 2. The van der Waals surface area contributed by atoms with Crippen LogP contribution in [0.5, 0.6) is 5.88 Å². The van der Waals surface area contributed by atoms with Crippen LogP contribution in [0.4, 0.5) is 0 Å². The lowest BCUT2D eigenvalue weighted by atomic mass is 10.0. The second kappa shape index (κ2) is 3.64. The van der Waals surface area contributed by atoms with Crippen molar-refractivity contribution in [3.8, 4) is 5.88 Å².